The Bertz CT molecular complexity index is 4240. The van der Waals surface area contributed by atoms with Crippen molar-refractivity contribution in [3.63, 3.8) is 0 Å². The summed E-state index contributed by atoms with van der Waals surface area (Å²) in [5.74, 6) is 0. The van der Waals surface area contributed by atoms with Gasteiger partial charge in [-0.2, -0.15) is 0 Å². The summed E-state index contributed by atoms with van der Waals surface area (Å²) in [4.78, 5) is 5.06. The van der Waals surface area contributed by atoms with Crippen LogP contribution in [0.2, 0.25) is 0 Å². The van der Waals surface area contributed by atoms with Crippen molar-refractivity contribution >= 4 is 63.3 Å². The third-order valence-electron chi connectivity index (χ3n) is 14.9. The molecule has 0 unspecified atom stereocenters. The lowest BCUT2D eigenvalue weighted by Gasteiger charge is -2.43. The molecule has 1 nitrogen and oxygen atoms in total. The Balaban J connectivity index is 1.11. The Morgan fingerprint density at radius 1 is 0.253 bits per heavy atom. The van der Waals surface area contributed by atoms with Gasteiger partial charge >= 0.3 is 0 Å². The van der Waals surface area contributed by atoms with Gasteiger partial charge in [0.25, 0.3) is 0 Å². The van der Waals surface area contributed by atoms with Crippen LogP contribution in [0.1, 0.15) is 0 Å². The fourth-order valence-electron chi connectivity index (χ4n) is 11.5. The highest BCUT2D eigenvalue weighted by Crippen LogP contribution is 2.74. The van der Waals surface area contributed by atoms with Gasteiger partial charge in [-0.1, -0.05) is 218 Å². The first kappa shape index (κ1) is 44.7. The molecule has 0 atom stereocenters. The minimum atomic E-state index is -2.28. The van der Waals surface area contributed by atoms with Gasteiger partial charge in [-0.15, -0.1) is 21.4 Å². The Morgan fingerprint density at radius 2 is 0.707 bits per heavy atom. The molecule has 0 N–H and O–H groups in total. The van der Waals surface area contributed by atoms with E-state index in [1.54, 1.807) is 0 Å². The van der Waals surface area contributed by atoms with E-state index in [0.717, 1.165) is 22.3 Å². The summed E-state index contributed by atoms with van der Waals surface area (Å²) in [6, 6.07) is 111. The molecular weight excluding hydrogens is 943 g/mol. The first-order valence-electron chi connectivity index (χ1n) is 25.6. The fourth-order valence-corrected chi connectivity index (χ4v) is 16.6. The van der Waals surface area contributed by atoms with Crippen LogP contribution in [0.5, 0.6) is 0 Å². The highest BCUT2D eigenvalue weighted by atomic mass is 32.3. The molecule has 14 aromatic rings. The van der Waals surface area contributed by atoms with Crippen LogP contribution in [0.4, 0.5) is 0 Å². The number of aromatic nitrogens is 1. The second kappa shape index (κ2) is 18.8. The number of para-hydroxylation sites is 1. The third kappa shape index (κ3) is 7.62. The standard InChI is InChI=1S/C72H49NS2/c1-6-23-50(24-7-1)54-31-20-35-58(45-54)75(57-33-14-5-15-34-57,59-36-21-32-55(46-59)51-25-8-2-9-26-51)60-48-64(52-27-10-3-11-28-52)72(65(49-60)53-29-12-4-13-30-53)73-67-40-18-16-37-62(67)66-47-56(43-44-68(66)73)61-39-22-42-70-71(61)63-38-17-19-41-69(63)74-70/h1-49H. The summed E-state index contributed by atoms with van der Waals surface area (Å²) >= 11 is 1.87. The maximum Gasteiger partial charge on any atom is 0.0619 e. The number of thiophene rings is 1. The van der Waals surface area contributed by atoms with Crippen molar-refractivity contribution in [2.24, 2.45) is 0 Å². The van der Waals surface area contributed by atoms with E-state index in [1.165, 1.54) is 101 Å². The van der Waals surface area contributed by atoms with Crippen molar-refractivity contribution in [2.45, 2.75) is 19.6 Å². The summed E-state index contributed by atoms with van der Waals surface area (Å²) in [5, 5.41) is 5.07. The first-order chi connectivity index (χ1) is 37.2. The van der Waals surface area contributed by atoms with Crippen molar-refractivity contribution < 1.29 is 0 Å². The van der Waals surface area contributed by atoms with E-state index in [0.29, 0.717) is 0 Å². The van der Waals surface area contributed by atoms with Crippen LogP contribution >= 0.6 is 21.4 Å². The van der Waals surface area contributed by atoms with E-state index in [4.69, 9.17) is 0 Å². The van der Waals surface area contributed by atoms with Crippen molar-refractivity contribution in [1.29, 1.82) is 0 Å². The smallest absolute Gasteiger partial charge is 0.0619 e. The van der Waals surface area contributed by atoms with Gasteiger partial charge in [0.2, 0.25) is 0 Å². The SMILES string of the molecule is c1ccc(-c2cccc(S(c3ccccc3)(c3cccc(-c4ccccc4)c3)c3cc(-c4ccccc4)c(-n4c5ccccc5c5cc(-c6cccc7sc8ccccc8c67)ccc54)c(-c4ccccc4)c3)c2)cc1. The molecule has 0 aliphatic carbocycles. The molecule has 0 aliphatic rings. The second-order valence-electron chi connectivity index (χ2n) is 19.2. The van der Waals surface area contributed by atoms with E-state index in [-0.39, 0.29) is 0 Å². The Kier molecular flexibility index (Phi) is 11.2. The predicted molar refractivity (Wildman–Crippen MR) is 321 cm³/mol. The van der Waals surface area contributed by atoms with Gasteiger partial charge in [-0.25, -0.2) is 0 Å². The Morgan fingerprint density at radius 3 is 1.31 bits per heavy atom. The second-order valence-corrected chi connectivity index (χ2v) is 23.4. The zero-order valence-electron chi connectivity index (χ0n) is 41.1. The van der Waals surface area contributed by atoms with Crippen molar-refractivity contribution in [1.82, 2.24) is 4.57 Å². The molecular formula is C72H49NS2. The van der Waals surface area contributed by atoms with Crippen LogP contribution in [-0.2, 0) is 0 Å². The summed E-state index contributed by atoms with van der Waals surface area (Å²) in [5.41, 5.74) is 15.4. The molecule has 0 radical (unpaired) electrons. The van der Waals surface area contributed by atoms with E-state index < -0.39 is 10.0 Å². The van der Waals surface area contributed by atoms with Gasteiger partial charge in [-0.3, -0.25) is 0 Å². The summed E-state index contributed by atoms with van der Waals surface area (Å²) < 4.78 is 5.19. The maximum absolute atomic E-state index is 2.56. The number of hydrogen-bond acceptors (Lipinski definition) is 1. The molecule has 75 heavy (non-hydrogen) atoms. The molecule has 12 aromatic carbocycles. The number of benzene rings is 12. The summed E-state index contributed by atoms with van der Waals surface area (Å²) in [6.07, 6.45) is 0. The van der Waals surface area contributed by atoms with Gasteiger partial charge in [0.15, 0.2) is 0 Å². The number of nitrogens with zero attached hydrogens (tertiary/aromatic N) is 1. The summed E-state index contributed by atoms with van der Waals surface area (Å²) in [6.45, 7) is 0. The van der Waals surface area contributed by atoms with Crippen molar-refractivity contribution in [2.75, 3.05) is 0 Å². The van der Waals surface area contributed by atoms with Crippen LogP contribution in [-0.4, -0.2) is 4.57 Å². The molecule has 0 saturated heterocycles. The maximum atomic E-state index is 2.56. The highest BCUT2D eigenvalue weighted by Gasteiger charge is 2.36. The molecule has 2 aromatic heterocycles. The lowest BCUT2D eigenvalue weighted by atomic mass is 9.95. The quantitative estimate of drug-likeness (QED) is 0.129. The molecule has 0 saturated carbocycles. The molecule has 0 fully saturated rings. The topological polar surface area (TPSA) is 4.93 Å². The van der Waals surface area contributed by atoms with Crippen LogP contribution in [0, 0.1) is 0 Å². The molecule has 14 rings (SSSR count). The molecule has 0 spiro atoms. The van der Waals surface area contributed by atoms with Gasteiger partial charge in [0, 0.05) is 61.7 Å². The summed E-state index contributed by atoms with van der Waals surface area (Å²) in [7, 11) is -2.28. The first-order valence-corrected chi connectivity index (χ1v) is 28.1. The molecule has 0 aliphatic heterocycles. The zero-order chi connectivity index (χ0) is 49.7. The van der Waals surface area contributed by atoms with Crippen LogP contribution in [0.25, 0.3) is 103 Å². The fraction of sp³-hybridized carbons (Fsp3) is 0. The Labute approximate surface area is 443 Å². The lowest BCUT2D eigenvalue weighted by molar-refractivity contribution is 1.16. The lowest BCUT2D eigenvalue weighted by Crippen LogP contribution is -2.08. The van der Waals surface area contributed by atoms with Crippen LogP contribution in [0.3, 0.4) is 0 Å². The van der Waals surface area contributed by atoms with Crippen LogP contribution < -0.4 is 0 Å². The van der Waals surface area contributed by atoms with Gasteiger partial charge in [-0.05, 0) is 123 Å². The minimum Gasteiger partial charge on any atom is -0.308 e. The normalized spacial score (nSPS) is 11.9. The molecule has 354 valence electrons. The number of rotatable bonds is 10. The minimum absolute atomic E-state index is 1.15. The van der Waals surface area contributed by atoms with Crippen LogP contribution in [0.15, 0.2) is 317 Å². The van der Waals surface area contributed by atoms with E-state index in [1.807, 2.05) is 11.3 Å². The Hall–Kier alpha value is -8.99. The molecule has 2 heterocycles. The monoisotopic (exact) mass is 991 g/mol. The van der Waals surface area contributed by atoms with E-state index in [9.17, 15) is 0 Å². The van der Waals surface area contributed by atoms with E-state index in [2.05, 4.69) is 302 Å². The van der Waals surface area contributed by atoms with E-state index >= 15 is 0 Å². The van der Waals surface area contributed by atoms with Crippen molar-refractivity contribution in [3.8, 4) is 61.3 Å². The average Bonchev–Trinajstić information content (AvgIpc) is 4.07. The third-order valence-corrected chi connectivity index (χ3v) is 19.9. The molecule has 0 bridgehead atoms. The number of fused-ring (bicyclic) bond motifs is 6. The van der Waals surface area contributed by atoms with Gasteiger partial charge in [0.05, 0.1) is 16.7 Å². The largest absolute Gasteiger partial charge is 0.308 e. The van der Waals surface area contributed by atoms with Gasteiger partial charge < -0.3 is 4.57 Å². The molecule has 0 amide bonds. The van der Waals surface area contributed by atoms with Gasteiger partial charge in [0.1, 0.15) is 0 Å². The number of hydrogen-bond donors (Lipinski definition) is 0. The average molecular weight is 992 g/mol. The highest BCUT2D eigenvalue weighted by molar-refractivity contribution is 8.34. The molecule has 3 heteroatoms. The zero-order valence-corrected chi connectivity index (χ0v) is 42.7. The predicted octanol–water partition coefficient (Wildman–Crippen LogP) is 20.8. The van der Waals surface area contributed by atoms with Crippen molar-refractivity contribution in [3.05, 3.63) is 297 Å².